The third kappa shape index (κ3) is 4.86. The van der Waals surface area contributed by atoms with E-state index in [2.05, 4.69) is 10.5 Å². The van der Waals surface area contributed by atoms with Crippen LogP contribution in [0.15, 0.2) is 53.6 Å². The Balaban J connectivity index is 1.88. The number of hydrogen-bond donors (Lipinski definition) is 2. The zero-order valence-corrected chi connectivity index (χ0v) is 12.4. The summed E-state index contributed by atoms with van der Waals surface area (Å²) in [6.07, 6.45) is 0.677. The summed E-state index contributed by atoms with van der Waals surface area (Å²) in [5, 5.41) is 21.9. The van der Waals surface area contributed by atoms with Gasteiger partial charge >= 0.3 is 0 Å². The van der Waals surface area contributed by atoms with Crippen molar-refractivity contribution in [2.24, 2.45) is 5.10 Å². The molecule has 116 valence electrons. The van der Waals surface area contributed by atoms with Crippen LogP contribution in [0.1, 0.15) is 18.1 Å². The van der Waals surface area contributed by atoms with E-state index in [1.54, 1.807) is 49.4 Å². The number of phenols is 1. The highest BCUT2D eigenvalue weighted by atomic mass is 16.5. The van der Waals surface area contributed by atoms with E-state index in [-0.39, 0.29) is 5.75 Å². The Labute approximate surface area is 133 Å². The first-order valence-corrected chi connectivity index (χ1v) is 6.87. The average molecular weight is 309 g/mol. The number of nitriles is 1. The molecule has 0 aliphatic heterocycles. The maximum Gasteiger partial charge on any atom is 0.280 e. The fraction of sp³-hybridized carbons (Fsp3) is 0.118. The van der Waals surface area contributed by atoms with Crippen LogP contribution < -0.4 is 10.2 Å². The fourth-order valence-corrected chi connectivity index (χ4v) is 1.73. The van der Waals surface area contributed by atoms with Gasteiger partial charge in [0.05, 0.1) is 17.8 Å². The molecule has 0 radical (unpaired) electrons. The van der Waals surface area contributed by atoms with Crippen LogP contribution in [0, 0.1) is 11.3 Å². The smallest absolute Gasteiger partial charge is 0.280 e. The molecular weight excluding hydrogens is 294 g/mol. The molecule has 2 N–H and O–H groups in total. The van der Waals surface area contributed by atoms with Crippen LogP contribution in [0.4, 0.5) is 0 Å². The summed E-state index contributed by atoms with van der Waals surface area (Å²) in [7, 11) is 0. The molecule has 1 amide bonds. The molecule has 0 heterocycles. The van der Waals surface area contributed by atoms with Crippen LogP contribution in [0.2, 0.25) is 0 Å². The Hall–Kier alpha value is -3.33. The first-order chi connectivity index (χ1) is 11.1. The summed E-state index contributed by atoms with van der Waals surface area (Å²) in [5.74, 6) is 0.201. The van der Waals surface area contributed by atoms with Crippen LogP contribution in [-0.4, -0.2) is 23.3 Å². The summed E-state index contributed by atoms with van der Waals surface area (Å²) < 4.78 is 5.46. The minimum absolute atomic E-state index is 0.123. The van der Waals surface area contributed by atoms with Gasteiger partial charge in [-0.2, -0.15) is 10.4 Å². The number of phenolic OH excluding ortho intramolecular Hbond substituents is 1. The molecule has 2 aromatic rings. The molecule has 6 nitrogen and oxygen atoms in total. The Kier molecular flexibility index (Phi) is 5.31. The zero-order valence-electron chi connectivity index (χ0n) is 12.4. The van der Waals surface area contributed by atoms with Crippen LogP contribution in [0.3, 0.4) is 0 Å². The summed E-state index contributed by atoms with van der Waals surface area (Å²) in [6.45, 7) is 1.59. The molecule has 23 heavy (non-hydrogen) atoms. The predicted octanol–water partition coefficient (Wildman–Crippen LogP) is 2.18. The largest absolute Gasteiger partial charge is 0.508 e. The number of hydrazone groups is 1. The summed E-state index contributed by atoms with van der Waals surface area (Å²) in [4.78, 5) is 11.9. The number of aromatic hydroxyl groups is 1. The second kappa shape index (κ2) is 7.61. The Bertz CT molecular complexity index is 748. The lowest BCUT2D eigenvalue weighted by Gasteiger charge is -2.12. The predicted molar refractivity (Wildman–Crippen MR) is 85.1 cm³/mol. The van der Waals surface area contributed by atoms with Crippen molar-refractivity contribution in [3.63, 3.8) is 0 Å². The first-order valence-electron chi connectivity index (χ1n) is 6.87. The SMILES string of the molecule is CC(Oc1ccc(C#N)cc1)C(=O)N/N=C/c1cccc(O)c1. The third-order valence-electron chi connectivity index (χ3n) is 2.92. The van der Waals surface area contributed by atoms with Gasteiger partial charge in [0.2, 0.25) is 0 Å². The first kappa shape index (κ1) is 16.0. The summed E-state index contributed by atoms with van der Waals surface area (Å²) >= 11 is 0. The molecule has 2 aromatic carbocycles. The minimum Gasteiger partial charge on any atom is -0.508 e. The lowest BCUT2D eigenvalue weighted by atomic mass is 10.2. The maximum atomic E-state index is 11.9. The van der Waals surface area contributed by atoms with Gasteiger partial charge in [0.1, 0.15) is 11.5 Å². The number of ether oxygens (including phenoxy) is 1. The molecule has 2 rings (SSSR count). The quantitative estimate of drug-likeness (QED) is 0.653. The molecule has 0 bridgehead atoms. The molecule has 0 fully saturated rings. The van der Waals surface area contributed by atoms with Gasteiger partial charge in [-0.1, -0.05) is 12.1 Å². The number of nitrogens with zero attached hydrogens (tertiary/aromatic N) is 2. The lowest BCUT2D eigenvalue weighted by Crippen LogP contribution is -2.33. The van der Waals surface area contributed by atoms with Crippen LogP contribution in [0.5, 0.6) is 11.5 Å². The van der Waals surface area contributed by atoms with Crippen molar-refractivity contribution in [2.75, 3.05) is 0 Å². The topological polar surface area (TPSA) is 94.7 Å². The van der Waals surface area contributed by atoms with Crippen molar-refractivity contribution in [1.29, 1.82) is 5.26 Å². The highest BCUT2D eigenvalue weighted by molar-refractivity contribution is 5.84. The van der Waals surface area contributed by atoms with E-state index in [4.69, 9.17) is 10.00 Å². The van der Waals surface area contributed by atoms with Crippen molar-refractivity contribution < 1.29 is 14.6 Å². The number of carbonyl (C=O) groups is 1. The van der Waals surface area contributed by atoms with Crippen LogP contribution in [0.25, 0.3) is 0 Å². The van der Waals surface area contributed by atoms with Gasteiger partial charge < -0.3 is 9.84 Å². The minimum atomic E-state index is -0.746. The molecule has 1 unspecified atom stereocenters. The molecule has 0 saturated heterocycles. The molecule has 6 heteroatoms. The Morgan fingerprint density at radius 1 is 1.35 bits per heavy atom. The van der Waals surface area contributed by atoms with E-state index in [1.165, 1.54) is 12.3 Å². The highest BCUT2D eigenvalue weighted by Crippen LogP contribution is 2.13. The van der Waals surface area contributed by atoms with Gasteiger partial charge in [-0.25, -0.2) is 5.43 Å². The van der Waals surface area contributed by atoms with Gasteiger partial charge in [-0.3, -0.25) is 4.79 Å². The van der Waals surface area contributed by atoms with Crippen molar-refractivity contribution in [3.8, 4) is 17.6 Å². The fourth-order valence-electron chi connectivity index (χ4n) is 1.73. The second-order valence-corrected chi connectivity index (χ2v) is 4.73. The summed E-state index contributed by atoms with van der Waals surface area (Å²) in [5.41, 5.74) is 3.54. The molecule has 0 saturated carbocycles. The van der Waals surface area contributed by atoms with Crippen LogP contribution in [-0.2, 0) is 4.79 Å². The standard InChI is InChI=1S/C17H15N3O3/c1-12(23-16-7-5-13(10-18)6-8-16)17(22)20-19-11-14-3-2-4-15(21)9-14/h2-9,11-12,21H,1H3,(H,20,22)/b19-11+. The molecule has 1 atom stereocenters. The number of rotatable bonds is 5. The van der Waals surface area contributed by atoms with E-state index >= 15 is 0 Å². The molecule has 0 aromatic heterocycles. The van der Waals surface area contributed by atoms with Gasteiger partial charge in [0.15, 0.2) is 6.10 Å². The van der Waals surface area contributed by atoms with E-state index in [9.17, 15) is 9.90 Å². The Morgan fingerprint density at radius 2 is 2.09 bits per heavy atom. The van der Waals surface area contributed by atoms with Gasteiger partial charge in [0.25, 0.3) is 5.91 Å². The second-order valence-electron chi connectivity index (χ2n) is 4.73. The molecule has 0 spiro atoms. The van der Waals surface area contributed by atoms with Crippen molar-refractivity contribution in [3.05, 3.63) is 59.7 Å². The monoisotopic (exact) mass is 309 g/mol. The average Bonchev–Trinajstić information content (AvgIpc) is 2.55. The van der Waals surface area contributed by atoms with E-state index in [0.29, 0.717) is 16.9 Å². The molecule has 0 aliphatic rings. The number of carbonyl (C=O) groups excluding carboxylic acids is 1. The van der Waals surface area contributed by atoms with Gasteiger partial charge in [-0.05, 0) is 48.9 Å². The Morgan fingerprint density at radius 3 is 2.74 bits per heavy atom. The van der Waals surface area contributed by atoms with Crippen molar-refractivity contribution >= 4 is 12.1 Å². The third-order valence-corrected chi connectivity index (χ3v) is 2.92. The number of benzene rings is 2. The number of amides is 1. The maximum absolute atomic E-state index is 11.9. The van der Waals surface area contributed by atoms with Gasteiger partial charge in [0, 0.05) is 0 Å². The summed E-state index contributed by atoms with van der Waals surface area (Å²) in [6, 6.07) is 15.0. The lowest BCUT2D eigenvalue weighted by molar-refractivity contribution is -0.127. The normalized spacial score (nSPS) is 11.7. The number of nitrogens with one attached hydrogen (secondary N) is 1. The molecule has 0 aliphatic carbocycles. The van der Waals surface area contributed by atoms with Crippen molar-refractivity contribution in [2.45, 2.75) is 13.0 Å². The van der Waals surface area contributed by atoms with E-state index in [0.717, 1.165) is 0 Å². The zero-order chi connectivity index (χ0) is 16.7. The molecular formula is C17H15N3O3. The van der Waals surface area contributed by atoms with E-state index in [1.807, 2.05) is 6.07 Å². The van der Waals surface area contributed by atoms with Gasteiger partial charge in [-0.15, -0.1) is 0 Å². The van der Waals surface area contributed by atoms with Crippen LogP contribution >= 0.6 is 0 Å². The van der Waals surface area contributed by atoms with E-state index < -0.39 is 12.0 Å². The number of hydrogen-bond acceptors (Lipinski definition) is 5. The highest BCUT2D eigenvalue weighted by Gasteiger charge is 2.13. The van der Waals surface area contributed by atoms with Crippen molar-refractivity contribution in [1.82, 2.24) is 5.43 Å².